The molecule has 0 aliphatic carbocycles. The van der Waals surface area contributed by atoms with Crippen molar-refractivity contribution >= 4 is 27.7 Å². The van der Waals surface area contributed by atoms with Crippen LogP contribution in [-0.4, -0.2) is 41.7 Å². The van der Waals surface area contributed by atoms with Crippen molar-refractivity contribution in [2.75, 3.05) is 31.6 Å². The van der Waals surface area contributed by atoms with E-state index in [-0.39, 0.29) is 5.91 Å². The number of nitrogens with one attached hydrogen (secondary N) is 2. The average Bonchev–Trinajstić information content (AvgIpc) is 3.17. The summed E-state index contributed by atoms with van der Waals surface area (Å²) < 4.78 is 1.91. The highest BCUT2D eigenvalue weighted by molar-refractivity contribution is 6.09. The van der Waals surface area contributed by atoms with Crippen LogP contribution in [0.3, 0.4) is 0 Å². The number of benzene rings is 3. The molecule has 5 nitrogen and oxygen atoms in total. The number of carbonyl (C=O) groups is 1. The van der Waals surface area contributed by atoms with Gasteiger partial charge in [0.15, 0.2) is 0 Å². The van der Waals surface area contributed by atoms with Gasteiger partial charge in [-0.1, -0.05) is 66.7 Å². The maximum Gasteiger partial charge on any atom is 0.252 e. The molecule has 5 heteroatoms. The van der Waals surface area contributed by atoms with Gasteiger partial charge in [-0.2, -0.15) is 0 Å². The van der Waals surface area contributed by atoms with Crippen LogP contribution in [0.2, 0.25) is 0 Å². The summed E-state index contributed by atoms with van der Waals surface area (Å²) in [6.07, 6.45) is 3.60. The van der Waals surface area contributed by atoms with Crippen molar-refractivity contribution in [3.63, 3.8) is 0 Å². The van der Waals surface area contributed by atoms with Crippen molar-refractivity contribution in [3.05, 3.63) is 84.4 Å². The number of nitrogens with zero attached hydrogens (tertiary/aromatic N) is 2. The summed E-state index contributed by atoms with van der Waals surface area (Å²) in [5.74, 6) is 0.726. The Morgan fingerprint density at radius 1 is 0.818 bits per heavy atom. The molecular weight excluding hydrogens is 408 g/mol. The van der Waals surface area contributed by atoms with E-state index in [4.69, 9.17) is 0 Å². The first-order chi connectivity index (χ1) is 16.3. The van der Waals surface area contributed by atoms with E-state index in [1.807, 2.05) is 41.1 Å². The number of para-hydroxylation sites is 2. The molecule has 1 aliphatic heterocycles. The maximum absolute atomic E-state index is 12.7. The molecule has 4 aromatic rings. The first-order valence-corrected chi connectivity index (χ1v) is 12.0. The molecule has 3 aromatic carbocycles. The normalized spacial score (nSPS) is 15.3. The van der Waals surface area contributed by atoms with E-state index in [2.05, 4.69) is 58.1 Å². The molecule has 0 spiro atoms. The van der Waals surface area contributed by atoms with Crippen LogP contribution in [0.25, 0.3) is 21.8 Å². The minimum atomic E-state index is -0.0146. The van der Waals surface area contributed by atoms with Gasteiger partial charge in [-0.25, -0.2) is 0 Å². The summed E-state index contributed by atoms with van der Waals surface area (Å²) in [6.45, 7) is 4.58. The number of hydrogen-bond donors (Lipinski definition) is 2. The summed E-state index contributed by atoms with van der Waals surface area (Å²) in [6, 6.07) is 27.1. The third kappa shape index (κ3) is 5.10. The third-order valence-electron chi connectivity index (χ3n) is 6.79. The molecule has 0 bridgehead atoms. The lowest BCUT2D eigenvalue weighted by molar-refractivity contribution is -0.116. The number of piperidine rings is 1. The molecule has 1 saturated heterocycles. The van der Waals surface area contributed by atoms with Crippen LogP contribution in [0.1, 0.15) is 24.8 Å². The Kier molecular flexibility index (Phi) is 6.70. The van der Waals surface area contributed by atoms with Crippen molar-refractivity contribution in [1.82, 2.24) is 14.9 Å². The molecule has 0 unspecified atom stereocenters. The zero-order valence-electron chi connectivity index (χ0n) is 19.0. The van der Waals surface area contributed by atoms with Gasteiger partial charge in [0.25, 0.3) is 5.91 Å². The van der Waals surface area contributed by atoms with E-state index < -0.39 is 0 Å². The van der Waals surface area contributed by atoms with Crippen LogP contribution in [0.15, 0.2) is 78.9 Å². The minimum Gasteiger partial charge on any atom is -0.308 e. The summed E-state index contributed by atoms with van der Waals surface area (Å²) in [7, 11) is 0. The van der Waals surface area contributed by atoms with Crippen LogP contribution in [-0.2, 0) is 11.3 Å². The Morgan fingerprint density at radius 2 is 1.42 bits per heavy atom. The lowest BCUT2D eigenvalue weighted by Gasteiger charge is -2.32. The van der Waals surface area contributed by atoms with Crippen molar-refractivity contribution < 1.29 is 4.79 Å². The lowest BCUT2D eigenvalue weighted by atomic mass is 9.93. The van der Waals surface area contributed by atoms with Crippen LogP contribution in [0.4, 0.5) is 0 Å². The Bertz CT molecular complexity index is 1160. The zero-order valence-corrected chi connectivity index (χ0v) is 19.0. The minimum absolute atomic E-state index is 0.0146. The van der Waals surface area contributed by atoms with E-state index in [0.717, 1.165) is 60.3 Å². The Balaban J connectivity index is 1.07. The van der Waals surface area contributed by atoms with E-state index in [9.17, 15) is 4.79 Å². The standard InChI is InChI=1S/C28H32N4O/c33-28(30-32-26-12-6-4-10-24(26)25-11-5-7-13-27(25)32)20-29-17-14-22-15-18-31(19-16-22)21-23-8-2-1-3-9-23/h1-13,22,29H,14-21H2,(H,30,33). The van der Waals surface area contributed by atoms with E-state index in [1.54, 1.807) is 0 Å². The highest BCUT2D eigenvalue weighted by Crippen LogP contribution is 2.27. The molecule has 33 heavy (non-hydrogen) atoms. The zero-order chi connectivity index (χ0) is 22.5. The topological polar surface area (TPSA) is 49.3 Å². The molecule has 5 rings (SSSR count). The average molecular weight is 441 g/mol. The summed E-state index contributed by atoms with van der Waals surface area (Å²) >= 11 is 0. The fourth-order valence-corrected chi connectivity index (χ4v) is 4.99. The second-order valence-electron chi connectivity index (χ2n) is 9.08. The molecule has 0 atom stereocenters. The number of carbonyl (C=O) groups excluding carboxylic acids is 1. The molecule has 2 heterocycles. The van der Waals surface area contributed by atoms with Crippen molar-refractivity contribution in [1.29, 1.82) is 0 Å². The number of likely N-dealkylation sites (tertiary alicyclic amines) is 1. The molecule has 2 N–H and O–H groups in total. The van der Waals surface area contributed by atoms with Gasteiger partial charge < -0.3 is 5.32 Å². The molecule has 0 radical (unpaired) electrons. The van der Waals surface area contributed by atoms with Gasteiger partial charge in [-0.15, -0.1) is 0 Å². The second kappa shape index (κ2) is 10.2. The van der Waals surface area contributed by atoms with Gasteiger partial charge in [0.1, 0.15) is 0 Å². The van der Waals surface area contributed by atoms with Crippen molar-refractivity contribution in [3.8, 4) is 0 Å². The lowest BCUT2D eigenvalue weighted by Crippen LogP contribution is -2.36. The SMILES string of the molecule is O=C(CNCCC1CCN(Cc2ccccc2)CC1)Nn1c2ccccc2c2ccccc21. The maximum atomic E-state index is 12.7. The highest BCUT2D eigenvalue weighted by Gasteiger charge is 2.19. The quantitative estimate of drug-likeness (QED) is 0.389. The second-order valence-corrected chi connectivity index (χ2v) is 9.08. The molecule has 1 aromatic heterocycles. The van der Waals surface area contributed by atoms with Crippen molar-refractivity contribution in [2.24, 2.45) is 5.92 Å². The number of aromatic nitrogens is 1. The predicted octanol–water partition coefficient (Wildman–Crippen LogP) is 4.76. The largest absolute Gasteiger partial charge is 0.308 e. The molecular formula is C28H32N4O. The summed E-state index contributed by atoms with van der Waals surface area (Å²) in [5, 5.41) is 5.66. The third-order valence-corrected chi connectivity index (χ3v) is 6.79. The number of fused-ring (bicyclic) bond motifs is 3. The molecule has 1 aliphatic rings. The summed E-state index contributed by atoms with van der Waals surface area (Å²) in [5.41, 5.74) is 6.52. The van der Waals surface area contributed by atoms with Crippen LogP contribution in [0.5, 0.6) is 0 Å². The van der Waals surface area contributed by atoms with E-state index in [1.165, 1.54) is 18.4 Å². The van der Waals surface area contributed by atoms with Gasteiger partial charge in [-0.3, -0.25) is 19.8 Å². The first-order valence-electron chi connectivity index (χ1n) is 12.0. The van der Waals surface area contributed by atoms with Gasteiger partial charge >= 0.3 is 0 Å². The first kappa shape index (κ1) is 21.7. The molecule has 1 fully saturated rings. The Hall–Kier alpha value is -3.15. The smallest absolute Gasteiger partial charge is 0.252 e. The van der Waals surface area contributed by atoms with Gasteiger partial charge in [0, 0.05) is 17.3 Å². The van der Waals surface area contributed by atoms with Crippen LogP contribution >= 0.6 is 0 Å². The number of hydrogen-bond acceptors (Lipinski definition) is 3. The predicted molar refractivity (Wildman–Crippen MR) is 136 cm³/mol. The van der Waals surface area contributed by atoms with Gasteiger partial charge in [0.05, 0.1) is 17.6 Å². The van der Waals surface area contributed by atoms with Gasteiger partial charge in [-0.05, 0) is 62.5 Å². The van der Waals surface area contributed by atoms with E-state index in [0.29, 0.717) is 6.54 Å². The van der Waals surface area contributed by atoms with Crippen molar-refractivity contribution in [2.45, 2.75) is 25.8 Å². The number of amides is 1. The van der Waals surface area contributed by atoms with Gasteiger partial charge in [0.2, 0.25) is 0 Å². The summed E-state index contributed by atoms with van der Waals surface area (Å²) in [4.78, 5) is 15.2. The highest BCUT2D eigenvalue weighted by atomic mass is 16.2. The Morgan fingerprint density at radius 3 is 2.09 bits per heavy atom. The number of rotatable bonds is 8. The molecule has 170 valence electrons. The Labute approximate surface area is 195 Å². The van der Waals surface area contributed by atoms with Crippen LogP contribution in [0, 0.1) is 5.92 Å². The fraction of sp³-hybridized carbons (Fsp3) is 0.321. The van der Waals surface area contributed by atoms with E-state index >= 15 is 0 Å². The van der Waals surface area contributed by atoms with Crippen LogP contribution < -0.4 is 10.7 Å². The monoisotopic (exact) mass is 440 g/mol. The molecule has 1 amide bonds. The fourth-order valence-electron chi connectivity index (χ4n) is 4.99. The molecule has 0 saturated carbocycles.